The van der Waals surface area contributed by atoms with Crippen LogP contribution in [0.1, 0.15) is 53.5 Å². The Morgan fingerprint density at radius 2 is 1.71 bits per heavy atom. The fourth-order valence-corrected chi connectivity index (χ4v) is 3.91. The standard InChI is InChI=1S/C25H35BrN2O7/c1-24(2,3)20(27-23(33)35-25(4,5)6)21(31)28-13-17(29)12-19(28)22(32)34-14-18(30)11-15-7-9-16(26)10-8-15/h7-10,17,19-20,29H,11-14H2,1-6H3,(H,27,33)/t17-,19+,20-/m1/s1. The Balaban J connectivity index is 2.06. The van der Waals surface area contributed by atoms with Crippen LogP contribution in [0.4, 0.5) is 4.79 Å². The second kappa shape index (κ2) is 11.5. The zero-order valence-corrected chi connectivity index (χ0v) is 22.7. The monoisotopic (exact) mass is 554 g/mol. The minimum absolute atomic E-state index is 0.0191. The Bertz CT molecular complexity index is 935. The molecule has 1 aromatic carbocycles. The van der Waals surface area contributed by atoms with Gasteiger partial charge in [-0.2, -0.15) is 0 Å². The van der Waals surface area contributed by atoms with Crippen molar-refractivity contribution in [3.63, 3.8) is 0 Å². The second-order valence-electron chi connectivity index (χ2n) is 10.8. The van der Waals surface area contributed by atoms with Gasteiger partial charge in [-0.05, 0) is 43.9 Å². The average molecular weight is 555 g/mol. The molecular formula is C25H35BrN2O7. The number of Topliss-reactive ketones (excluding diaryl/α,β-unsaturated/α-hetero) is 1. The van der Waals surface area contributed by atoms with Gasteiger partial charge in [0.2, 0.25) is 5.91 Å². The lowest BCUT2D eigenvalue weighted by Gasteiger charge is -2.35. The third-order valence-corrected chi connectivity index (χ3v) is 5.83. The van der Waals surface area contributed by atoms with E-state index in [1.165, 1.54) is 4.90 Å². The van der Waals surface area contributed by atoms with Gasteiger partial charge in [-0.3, -0.25) is 9.59 Å². The fourth-order valence-electron chi connectivity index (χ4n) is 3.65. The normalized spacial score (nSPS) is 19.1. The highest BCUT2D eigenvalue weighted by atomic mass is 79.9. The smallest absolute Gasteiger partial charge is 0.408 e. The third kappa shape index (κ3) is 8.92. The zero-order valence-electron chi connectivity index (χ0n) is 21.1. The molecule has 1 fully saturated rings. The molecule has 194 valence electrons. The maximum Gasteiger partial charge on any atom is 0.408 e. The molecule has 0 aliphatic carbocycles. The number of aliphatic hydroxyl groups is 1. The van der Waals surface area contributed by atoms with Crippen LogP contribution >= 0.6 is 15.9 Å². The summed E-state index contributed by atoms with van der Waals surface area (Å²) in [6, 6.07) is 5.13. The third-order valence-electron chi connectivity index (χ3n) is 5.30. The number of nitrogens with zero attached hydrogens (tertiary/aromatic N) is 1. The van der Waals surface area contributed by atoms with Gasteiger partial charge in [-0.15, -0.1) is 0 Å². The molecule has 35 heavy (non-hydrogen) atoms. The molecule has 1 aromatic rings. The van der Waals surface area contributed by atoms with E-state index in [9.17, 15) is 24.3 Å². The topological polar surface area (TPSA) is 122 Å². The van der Waals surface area contributed by atoms with Gasteiger partial charge in [0.25, 0.3) is 0 Å². The zero-order chi connectivity index (χ0) is 26.6. The average Bonchev–Trinajstić information content (AvgIpc) is 3.11. The summed E-state index contributed by atoms with van der Waals surface area (Å²) in [4.78, 5) is 52.1. The second-order valence-corrected chi connectivity index (χ2v) is 11.7. The van der Waals surface area contributed by atoms with E-state index in [2.05, 4.69) is 21.2 Å². The van der Waals surface area contributed by atoms with Gasteiger partial charge < -0.3 is 24.8 Å². The van der Waals surface area contributed by atoms with E-state index in [0.29, 0.717) is 0 Å². The summed E-state index contributed by atoms with van der Waals surface area (Å²) in [6.07, 6.45) is -1.61. The van der Waals surface area contributed by atoms with E-state index in [-0.39, 0.29) is 25.2 Å². The SMILES string of the molecule is CC(C)(C)OC(=O)N[C@H](C(=O)N1C[C@H](O)C[C@H]1C(=O)OCC(=O)Cc1ccc(Br)cc1)C(C)(C)C. The molecule has 0 bridgehead atoms. The van der Waals surface area contributed by atoms with Crippen LogP contribution in [-0.4, -0.2) is 70.7 Å². The van der Waals surface area contributed by atoms with Crippen LogP contribution in [0.25, 0.3) is 0 Å². The molecule has 0 aromatic heterocycles. The first-order valence-electron chi connectivity index (χ1n) is 11.5. The molecule has 0 saturated carbocycles. The fraction of sp³-hybridized carbons (Fsp3) is 0.600. The molecule has 2 rings (SSSR count). The number of likely N-dealkylation sites (tertiary alicyclic amines) is 1. The molecule has 0 spiro atoms. The molecule has 1 aliphatic heterocycles. The van der Waals surface area contributed by atoms with Gasteiger partial charge in [0.15, 0.2) is 5.78 Å². The van der Waals surface area contributed by atoms with Crippen molar-refractivity contribution in [3.05, 3.63) is 34.3 Å². The van der Waals surface area contributed by atoms with E-state index < -0.39 is 53.8 Å². The number of alkyl carbamates (subject to hydrolysis) is 1. The van der Waals surface area contributed by atoms with E-state index in [4.69, 9.17) is 9.47 Å². The number of esters is 1. The number of hydrogen-bond donors (Lipinski definition) is 2. The highest BCUT2D eigenvalue weighted by Crippen LogP contribution is 2.27. The van der Waals surface area contributed by atoms with Gasteiger partial charge in [0.05, 0.1) is 6.10 Å². The summed E-state index contributed by atoms with van der Waals surface area (Å²) in [5.41, 5.74) is -0.686. The lowest BCUT2D eigenvalue weighted by atomic mass is 9.85. The number of aliphatic hydroxyl groups excluding tert-OH is 1. The first kappa shape index (κ1) is 28.8. The largest absolute Gasteiger partial charge is 0.456 e. The molecule has 2 N–H and O–H groups in total. The van der Waals surface area contributed by atoms with Crippen molar-refractivity contribution in [2.24, 2.45) is 5.41 Å². The van der Waals surface area contributed by atoms with E-state index in [1.807, 2.05) is 12.1 Å². The van der Waals surface area contributed by atoms with Crippen molar-refractivity contribution in [1.82, 2.24) is 10.2 Å². The number of nitrogens with one attached hydrogen (secondary N) is 1. The Morgan fingerprint density at radius 1 is 1.11 bits per heavy atom. The Labute approximate surface area is 214 Å². The number of halogens is 1. The van der Waals surface area contributed by atoms with Crippen LogP contribution < -0.4 is 5.32 Å². The first-order chi connectivity index (χ1) is 16.1. The minimum atomic E-state index is -1.07. The predicted octanol–water partition coefficient (Wildman–Crippen LogP) is 3.01. The van der Waals surface area contributed by atoms with Gasteiger partial charge in [-0.25, -0.2) is 9.59 Å². The van der Waals surface area contributed by atoms with Gasteiger partial charge >= 0.3 is 12.1 Å². The van der Waals surface area contributed by atoms with Crippen LogP contribution in [0.2, 0.25) is 0 Å². The number of benzene rings is 1. The minimum Gasteiger partial charge on any atom is -0.456 e. The summed E-state index contributed by atoms with van der Waals surface area (Å²) in [7, 11) is 0. The number of carbonyl (C=O) groups excluding carboxylic acids is 4. The maximum absolute atomic E-state index is 13.4. The Kier molecular flexibility index (Phi) is 9.47. The number of hydrogen-bond acceptors (Lipinski definition) is 7. The molecule has 1 aliphatic rings. The van der Waals surface area contributed by atoms with E-state index in [0.717, 1.165) is 10.0 Å². The van der Waals surface area contributed by atoms with Crippen LogP contribution in [-0.2, 0) is 30.3 Å². The van der Waals surface area contributed by atoms with Crippen molar-refractivity contribution in [2.45, 2.75) is 78.2 Å². The van der Waals surface area contributed by atoms with E-state index in [1.54, 1.807) is 53.7 Å². The molecule has 2 amide bonds. The number of ketones is 1. The van der Waals surface area contributed by atoms with Crippen molar-refractivity contribution in [3.8, 4) is 0 Å². The number of rotatable bonds is 7. The van der Waals surface area contributed by atoms with E-state index >= 15 is 0 Å². The lowest BCUT2D eigenvalue weighted by Crippen LogP contribution is -2.57. The van der Waals surface area contributed by atoms with Crippen molar-refractivity contribution < 1.29 is 33.8 Å². The number of carbonyl (C=O) groups is 4. The number of amides is 2. The van der Waals surface area contributed by atoms with Crippen LogP contribution in [0, 0.1) is 5.41 Å². The highest BCUT2D eigenvalue weighted by Gasteiger charge is 2.45. The summed E-state index contributed by atoms with van der Waals surface area (Å²) in [5, 5.41) is 12.8. The molecule has 10 heteroatoms. The van der Waals surface area contributed by atoms with Gasteiger partial charge in [0.1, 0.15) is 24.3 Å². The van der Waals surface area contributed by atoms with Crippen LogP contribution in [0.15, 0.2) is 28.7 Å². The van der Waals surface area contributed by atoms with Crippen LogP contribution in [0.5, 0.6) is 0 Å². The molecular weight excluding hydrogens is 520 g/mol. The number of ether oxygens (including phenoxy) is 2. The molecule has 3 atom stereocenters. The number of β-amino-alcohol motifs (C(OH)–C–C–N with tert-alkyl or cyclic N) is 1. The quantitative estimate of drug-likeness (QED) is 0.496. The Morgan fingerprint density at radius 3 is 2.26 bits per heavy atom. The summed E-state index contributed by atoms with van der Waals surface area (Å²) >= 11 is 3.33. The molecule has 0 unspecified atom stereocenters. The maximum atomic E-state index is 13.4. The van der Waals surface area contributed by atoms with Crippen molar-refractivity contribution >= 4 is 39.7 Å². The van der Waals surface area contributed by atoms with Crippen LogP contribution in [0.3, 0.4) is 0 Å². The van der Waals surface area contributed by atoms with Crippen molar-refractivity contribution in [2.75, 3.05) is 13.2 Å². The summed E-state index contributed by atoms with van der Waals surface area (Å²) in [6.45, 7) is 9.91. The summed E-state index contributed by atoms with van der Waals surface area (Å²) < 4.78 is 11.4. The summed E-state index contributed by atoms with van der Waals surface area (Å²) in [5.74, 6) is -1.61. The molecule has 1 heterocycles. The van der Waals surface area contributed by atoms with Gasteiger partial charge in [0, 0.05) is 23.9 Å². The predicted molar refractivity (Wildman–Crippen MR) is 133 cm³/mol. The molecule has 9 nitrogen and oxygen atoms in total. The highest BCUT2D eigenvalue weighted by molar-refractivity contribution is 9.10. The molecule has 0 radical (unpaired) electrons. The lowest BCUT2D eigenvalue weighted by molar-refractivity contribution is -0.156. The van der Waals surface area contributed by atoms with Gasteiger partial charge in [-0.1, -0.05) is 48.8 Å². The van der Waals surface area contributed by atoms with Crippen molar-refractivity contribution in [1.29, 1.82) is 0 Å². The Hall–Kier alpha value is -2.46. The first-order valence-corrected chi connectivity index (χ1v) is 12.3. The molecule has 1 saturated heterocycles.